The van der Waals surface area contributed by atoms with Gasteiger partial charge >= 0.3 is 0 Å². The van der Waals surface area contributed by atoms with Gasteiger partial charge in [-0.15, -0.1) is 0 Å². The number of benzene rings is 1. The molecule has 5 nitrogen and oxygen atoms in total. The SMILES string of the molecule is Cn1c(=O)c2cc3cccnc3cc2c(=O)n1C. The van der Waals surface area contributed by atoms with E-state index in [4.69, 9.17) is 0 Å². The van der Waals surface area contributed by atoms with Gasteiger partial charge in [-0.3, -0.25) is 23.9 Å². The zero-order valence-electron chi connectivity index (χ0n) is 10.0. The lowest BCUT2D eigenvalue weighted by molar-refractivity contribution is 0.543. The molecule has 0 saturated heterocycles. The molecule has 1 aromatic carbocycles. The van der Waals surface area contributed by atoms with E-state index in [9.17, 15) is 9.59 Å². The molecule has 0 saturated carbocycles. The van der Waals surface area contributed by atoms with E-state index in [-0.39, 0.29) is 11.1 Å². The van der Waals surface area contributed by atoms with Crippen molar-refractivity contribution < 1.29 is 0 Å². The van der Waals surface area contributed by atoms with Crippen molar-refractivity contribution >= 4 is 21.7 Å². The van der Waals surface area contributed by atoms with Gasteiger partial charge in [0.05, 0.1) is 16.3 Å². The van der Waals surface area contributed by atoms with E-state index in [2.05, 4.69) is 4.98 Å². The number of fused-ring (bicyclic) bond motifs is 2. The molecule has 90 valence electrons. The Balaban J connectivity index is 2.67. The smallest absolute Gasteiger partial charge is 0.267 e. The van der Waals surface area contributed by atoms with Gasteiger partial charge in [0.25, 0.3) is 11.1 Å². The molecule has 0 atom stereocenters. The van der Waals surface area contributed by atoms with Crippen LogP contribution < -0.4 is 11.1 Å². The summed E-state index contributed by atoms with van der Waals surface area (Å²) in [7, 11) is 3.16. The predicted molar refractivity (Wildman–Crippen MR) is 69.7 cm³/mol. The van der Waals surface area contributed by atoms with Gasteiger partial charge in [0.2, 0.25) is 0 Å². The number of pyridine rings is 1. The van der Waals surface area contributed by atoms with Gasteiger partial charge in [0.1, 0.15) is 0 Å². The summed E-state index contributed by atoms with van der Waals surface area (Å²) in [6.07, 6.45) is 1.67. The Morgan fingerprint density at radius 3 is 2.28 bits per heavy atom. The summed E-state index contributed by atoms with van der Waals surface area (Å²) in [5.74, 6) is 0. The van der Waals surface area contributed by atoms with Crippen LogP contribution in [0.3, 0.4) is 0 Å². The second-order valence-electron chi connectivity index (χ2n) is 4.25. The van der Waals surface area contributed by atoms with Crippen molar-refractivity contribution in [2.45, 2.75) is 0 Å². The average molecular weight is 241 g/mol. The highest BCUT2D eigenvalue weighted by Crippen LogP contribution is 2.15. The molecule has 0 unspecified atom stereocenters. The summed E-state index contributed by atoms with van der Waals surface area (Å²) in [5.41, 5.74) is 0.341. The second kappa shape index (κ2) is 3.53. The van der Waals surface area contributed by atoms with Crippen molar-refractivity contribution in [3.63, 3.8) is 0 Å². The minimum Gasteiger partial charge on any atom is -0.267 e. The molecule has 3 rings (SSSR count). The quantitative estimate of drug-likeness (QED) is 0.547. The van der Waals surface area contributed by atoms with Crippen molar-refractivity contribution in [2.75, 3.05) is 0 Å². The minimum atomic E-state index is -0.195. The van der Waals surface area contributed by atoms with Crippen molar-refractivity contribution in [2.24, 2.45) is 14.1 Å². The molecule has 0 fully saturated rings. The van der Waals surface area contributed by atoms with E-state index < -0.39 is 0 Å². The lowest BCUT2D eigenvalue weighted by atomic mass is 10.1. The van der Waals surface area contributed by atoms with Gasteiger partial charge in [0.15, 0.2) is 0 Å². The van der Waals surface area contributed by atoms with Crippen LogP contribution in [0, 0.1) is 0 Å². The number of rotatable bonds is 0. The molecule has 18 heavy (non-hydrogen) atoms. The minimum absolute atomic E-state index is 0.183. The Labute approximate surface area is 102 Å². The van der Waals surface area contributed by atoms with Gasteiger partial charge in [-0.25, -0.2) is 0 Å². The fourth-order valence-electron chi connectivity index (χ4n) is 2.10. The average Bonchev–Trinajstić information content (AvgIpc) is 2.41. The van der Waals surface area contributed by atoms with Gasteiger partial charge < -0.3 is 0 Å². The summed E-state index contributed by atoms with van der Waals surface area (Å²) in [6.45, 7) is 0. The molecule has 5 heteroatoms. The maximum absolute atomic E-state index is 12.1. The van der Waals surface area contributed by atoms with E-state index in [0.29, 0.717) is 10.8 Å². The fraction of sp³-hybridized carbons (Fsp3) is 0.154. The first-order valence-corrected chi connectivity index (χ1v) is 5.54. The predicted octanol–water partition coefficient (Wildman–Crippen LogP) is 0.785. The monoisotopic (exact) mass is 241 g/mol. The van der Waals surface area contributed by atoms with E-state index in [1.165, 1.54) is 9.36 Å². The zero-order valence-corrected chi connectivity index (χ0v) is 10.0. The Kier molecular flexibility index (Phi) is 2.10. The van der Waals surface area contributed by atoms with Gasteiger partial charge in [0, 0.05) is 25.7 Å². The third-order valence-electron chi connectivity index (χ3n) is 3.24. The van der Waals surface area contributed by atoms with Gasteiger partial charge in [-0.1, -0.05) is 6.07 Å². The molecular formula is C13H11N3O2. The van der Waals surface area contributed by atoms with Crippen LogP contribution in [0.1, 0.15) is 0 Å². The Morgan fingerprint density at radius 1 is 1.00 bits per heavy atom. The first-order valence-electron chi connectivity index (χ1n) is 5.54. The number of hydrogen-bond acceptors (Lipinski definition) is 3. The molecule has 0 aliphatic carbocycles. The maximum atomic E-state index is 12.1. The molecule has 0 bridgehead atoms. The Morgan fingerprint density at radius 2 is 1.61 bits per heavy atom. The maximum Gasteiger partial charge on any atom is 0.273 e. The third kappa shape index (κ3) is 1.30. The molecule has 0 amide bonds. The molecule has 0 N–H and O–H groups in total. The molecule has 0 aliphatic heterocycles. The lowest BCUT2D eigenvalue weighted by Crippen LogP contribution is -2.35. The van der Waals surface area contributed by atoms with E-state index in [1.54, 1.807) is 38.5 Å². The molecule has 0 spiro atoms. The molecule has 2 heterocycles. The summed E-state index contributed by atoms with van der Waals surface area (Å²) in [5, 5.41) is 1.70. The molecular weight excluding hydrogens is 230 g/mol. The van der Waals surface area contributed by atoms with Gasteiger partial charge in [-0.2, -0.15) is 0 Å². The molecule has 0 radical (unpaired) electrons. The highest BCUT2D eigenvalue weighted by Gasteiger charge is 2.09. The van der Waals surface area contributed by atoms with Crippen LogP contribution in [0.25, 0.3) is 21.7 Å². The largest absolute Gasteiger partial charge is 0.273 e. The Bertz CT molecular complexity index is 816. The number of aromatic nitrogens is 3. The van der Waals surface area contributed by atoms with Crippen molar-refractivity contribution in [1.82, 2.24) is 14.3 Å². The van der Waals surface area contributed by atoms with Crippen molar-refractivity contribution in [3.8, 4) is 0 Å². The summed E-state index contributed by atoms with van der Waals surface area (Å²) in [6, 6.07) is 7.08. The van der Waals surface area contributed by atoms with E-state index in [1.807, 2.05) is 6.07 Å². The summed E-state index contributed by atoms with van der Waals surface area (Å²) in [4.78, 5) is 28.4. The standard InChI is InChI=1S/C13H11N3O2/c1-15-12(17)9-6-8-4-3-5-14-11(8)7-10(9)13(18)16(15)2/h3-7H,1-2H3. The normalized spacial score (nSPS) is 11.2. The molecule has 2 aromatic heterocycles. The second-order valence-corrected chi connectivity index (χ2v) is 4.25. The summed E-state index contributed by atoms with van der Waals surface area (Å²) >= 11 is 0. The molecule has 3 aromatic rings. The first-order chi connectivity index (χ1) is 8.59. The van der Waals surface area contributed by atoms with Crippen LogP contribution >= 0.6 is 0 Å². The topological polar surface area (TPSA) is 56.9 Å². The van der Waals surface area contributed by atoms with E-state index in [0.717, 1.165) is 10.9 Å². The zero-order chi connectivity index (χ0) is 12.9. The van der Waals surface area contributed by atoms with Crippen LogP contribution in [0.5, 0.6) is 0 Å². The van der Waals surface area contributed by atoms with Crippen LogP contribution in [0.15, 0.2) is 40.1 Å². The van der Waals surface area contributed by atoms with Crippen LogP contribution in [0.2, 0.25) is 0 Å². The van der Waals surface area contributed by atoms with E-state index >= 15 is 0 Å². The lowest BCUT2D eigenvalue weighted by Gasteiger charge is -2.08. The van der Waals surface area contributed by atoms with Crippen LogP contribution in [-0.4, -0.2) is 14.3 Å². The third-order valence-corrected chi connectivity index (χ3v) is 3.24. The molecule has 0 aliphatic rings. The Hall–Kier alpha value is -2.43. The number of hydrogen-bond donors (Lipinski definition) is 0. The summed E-state index contributed by atoms with van der Waals surface area (Å²) < 4.78 is 2.62. The van der Waals surface area contributed by atoms with Crippen LogP contribution in [0.4, 0.5) is 0 Å². The van der Waals surface area contributed by atoms with Crippen molar-refractivity contribution in [1.29, 1.82) is 0 Å². The van der Waals surface area contributed by atoms with Crippen LogP contribution in [-0.2, 0) is 14.1 Å². The van der Waals surface area contributed by atoms with Gasteiger partial charge in [-0.05, 0) is 18.2 Å². The first kappa shape index (κ1) is 10.7. The van der Waals surface area contributed by atoms with Crippen molar-refractivity contribution in [3.05, 3.63) is 51.2 Å². The highest BCUT2D eigenvalue weighted by atomic mass is 16.2. The number of nitrogens with zero attached hydrogens (tertiary/aromatic N) is 3. The highest BCUT2D eigenvalue weighted by molar-refractivity contribution is 5.95. The fourth-order valence-corrected chi connectivity index (χ4v) is 2.10.